The molecule has 2 rings (SSSR count). The van der Waals surface area contributed by atoms with Gasteiger partial charge >= 0.3 is 6.18 Å². The molecule has 6 heteroatoms. The van der Waals surface area contributed by atoms with Gasteiger partial charge in [0.25, 0.3) is 0 Å². The summed E-state index contributed by atoms with van der Waals surface area (Å²) in [6, 6.07) is 0.690. The summed E-state index contributed by atoms with van der Waals surface area (Å²) in [5, 5.41) is 3.57. The molecule has 0 amide bonds. The Labute approximate surface area is 119 Å². The highest BCUT2D eigenvalue weighted by molar-refractivity contribution is 4.88. The second-order valence-corrected chi connectivity index (χ2v) is 6.31. The molecular formula is C14H26F3N3. The van der Waals surface area contributed by atoms with E-state index in [1.54, 1.807) is 0 Å². The van der Waals surface area contributed by atoms with Gasteiger partial charge in [-0.2, -0.15) is 13.2 Å². The molecule has 1 aliphatic carbocycles. The van der Waals surface area contributed by atoms with Crippen LogP contribution in [0.3, 0.4) is 0 Å². The van der Waals surface area contributed by atoms with Crippen LogP contribution in [-0.2, 0) is 0 Å². The number of nitrogens with one attached hydrogen (secondary N) is 1. The lowest BCUT2D eigenvalue weighted by Crippen LogP contribution is -2.52. The lowest BCUT2D eigenvalue weighted by molar-refractivity contribution is -0.148. The molecule has 3 N–H and O–H groups in total. The zero-order valence-corrected chi connectivity index (χ0v) is 12.0. The Kier molecular flexibility index (Phi) is 5.69. The summed E-state index contributed by atoms with van der Waals surface area (Å²) in [7, 11) is 0. The van der Waals surface area contributed by atoms with E-state index in [-0.39, 0.29) is 12.0 Å². The highest BCUT2D eigenvalue weighted by Gasteiger charge is 2.37. The molecule has 20 heavy (non-hydrogen) atoms. The Morgan fingerprint density at radius 3 is 2.40 bits per heavy atom. The third-order valence-corrected chi connectivity index (χ3v) is 4.40. The molecule has 0 spiro atoms. The Bertz CT molecular complexity index is 290. The number of nitrogens with zero attached hydrogens (tertiary/aromatic N) is 1. The molecule has 2 atom stereocenters. The summed E-state index contributed by atoms with van der Waals surface area (Å²) in [6.45, 7) is 2.56. The van der Waals surface area contributed by atoms with Gasteiger partial charge in [0.1, 0.15) is 0 Å². The third-order valence-electron chi connectivity index (χ3n) is 4.40. The van der Waals surface area contributed by atoms with Crippen molar-refractivity contribution in [2.75, 3.05) is 26.2 Å². The van der Waals surface area contributed by atoms with E-state index in [0.717, 1.165) is 19.4 Å². The minimum atomic E-state index is -4.06. The fourth-order valence-corrected chi connectivity index (χ4v) is 3.69. The van der Waals surface area contributed by atoms with Crippen LogP contribution in [0, 0.1) is 5.92 Å². The maximum absolute atomic E-state index is 12.6. The predicted molar refractivity (Wildman–Crippen MR) is 73.5 cm³/mol. The van der Waals surface area contributed by atoms with Crippen molar-refractivity contribution in [3.05, 3.63) is 0 Å². The zero-order chi connectivity index (χ0) is 14.6. The van der Waals surface area contributed by atoms with Gasteiger partial charge in [0, 0.05) is 44.7 Å². The van der Waals surface area contributed by atoms with Crippen LogP contribution >= 0.6 is 0 Å². The van der Waals surface area contributed by atoms with Crippen LogP contribution in [0.25, 0.3) is 0 Å². The molecule has 1 heterocycles. The summed E-state index contributed by atoms with van der Waals surface area (Å²) >= 11 is 0. The number of piperidine rings is 1. The predicted octanol–water partition coefficient (Wildman–Crippen LogP) is 2.12. The molecule has 2 aliphatic rings. The van der Waals surface area contributed by atoms with Gasteiger partial charge in [0.15, 0.2) is 0 Å². The van der Waals surface area contributed by atoms with Crippen LogP contribution in [0.15, 0.2) is 0 Å². The first-order valence-electron chi connectivity index (χ1n) is 7.71. The van der Waals surface area contributed by atoms with Crippen molar-refractivity contribution in [1.29, 1.82) is 0 Å². The van der Waals surface area contributed by atoms with Crippen molar-refractivity contribution in [2.45, 2.75) is 56.8 Å². The van der Waals surface area contributed by atoms with Gasteiger partial charge < -0.3 is 16.0 Å². The fraction of sp³-hybridized carbons (Fsp3) is 1.00. The van der Waals surface area contributed by atoms with Gasteiger partial charge in [-0.15, -0.1) is 0 Å². The van der Waals surface area contributed by atoms with E-state index in [1.165, 1.54) is 12.8 Å². The van der Waals surface area contributed by atoms with Gasteiger partial charge in [-0.3, -0.25) is 0 Å². The van der Waals surface area contributed by atoms with Crippen LogP contribution < -0.4 is 11.1 Å². The molecule has 0 radical (unpaired) electrons. The number of nitrogens with two attached hydrogens (primary N) is 1. The van der Waals surface area contributed by atoms with E-state index in [4.69, 9.17) is 5.73 Å². The topological polar surface area (TPSA) is 41.3 Å². The molecule has 0 aromatic carbocycles. The molecule has 1 saturated carbocycles. The van der Waals surface area contributed by atoms with Crippen molar-refractivity contribution in [2.24, 2.45) is 11.7 Å². The minimum Gasteiger partial charge on any atom is -0.329 e. The number of hydrogen-bond acceptors (Lipinski definition) is 3. The first-order chi connectivity index (χ1) is 9.46. The number of likely N-dealkylation sites (tertiary alicyclic amines) is 1. The lowest BCUT2D eigenvalue weighted by atomic mass is 9.90. The van der Waals surface area contributed by atoms with Crippen molar-refractivity contribution in [1.82, 2.24) is 10.2 Å². The van der Waals surface area contributed by atoms with Crippen LogP contribution in [-0.4, -0.2) is 49.3 Å². The smallest absolute Gasteiger partial charge is 0.329 e. The Balaban J connectivity index is 1.89. The standard InChI is InChI=1S/C14H26F3N3/c15-14(16,17)8-11-7-13(10-20(9-11)6-5-18)19-12-3-1-2-4-12/h11-13,19H,1-10,18H2. The summed E-state index contributed by atoms with van der Waals surface area (Å²) < 4.78 is 37.9. The van der Waals surface area contributed by atoms with E-state index in [9.17, 15) is 13.2 Å². The Hall–Kier alpha value is -0.330. The molecule has 118 valence electrons. The minimum absolute atomic E-state index is 0.186. The number of alkyl halides is 3. The Morgan fingerprint density at radius 2 is 1.80 bits per heavy atom. The van der Waals surface area contributed by atoms with Crippen molar-refractivity contribution in [3.63, 3.8) is 0 Å². The highest BCUT2D eigenvalue weighted by Crippen LogP contribution is 2.31. The van der Waals surface area contributed by atoms with Crippen LogP contribution in [0.1, 0.15) is 38.5 Å². The van der Waals surface area contributed by atoms with E-state index >= 15 is 0 Å². The first kappa shape index (κ1) is 16.0. The first-order valence-corrected chi connectivity index (χ1v) is 7.71. The van der Waals surface area contributed by atoms with Crippen LogP contribution in [0.4, 0.5) is 13.2 Å². The summed E-state index contributed by atoms with van der Waals surface area (Å²) in [4.78, 5) is 2.09. The van der Waals surface area contributed by atoms with Crippen molar-refractivity contribution in [3.8, 4) is 0 Å². The SMILES string of the molecule is NCCN1CC(CC(F)(F)F)CC(NC2CCCC2)C1. The molecular weight excluding hydrogens is 267 g/mol. The van der Waals surface area contributed by atoms with Crippen molar-refractivity contribution < 1.29 is 13.2 Å². The van der Waals surface area contributed by atoms with E-state index in [1.807, 2.05) is 0 Å². The third kappa shape index (κ3) is 5.22. The maximum atomic E-state index is 12.6. The fourth-order valence-electron chi connectivity index (χ4n) is 3.69. The number of rotatable bonds is 5. The Morgan fingerprint density at radius 1 is 1.10 bits per heavy atom. The molecule has 1 aliphatic heterocycles. The molecule has 0 bridgehead atoms. The van der Waals surface area contributed by atoms with Gasteiger partial charge in [-0.25, -0.2) is 0 Å². The maximum Gasteiger partial charge on any atom is 0.389 e. The quantitative estimate of drug-likeness (QED) is 0.816. The van der Waals surface area contributed by atoms with Crippen molar-refractivity contribution >= 4 is 0 Å². The van der Waals surface area contributed by atoms with Gasteiger partial charge in [0.05, 0.1) is 0 Å². The molecule has 1 saturated heterocycles. The monoisotopic (exact) mass is 293 g/mol. The summed E-state index contributed by atoms with van der Waals surface area (Å²) in [5.74, 6) is -0.297. The van der Waals surface area contributed by atoms with Gasteiger partial charge in [0.2, 0.25) is 0 Å². The van der Waals surface area contributed by atoms with E-state index < -0.39 is 12.6 Å². The average molecular weight is 293 g/mol. The molecule has 0 aromatic rings. The van der Waals surface area contributed by atoms with Crippen LogP contribution in [0.2, 0.25) is 0 Å². The second-order valence-electron chi connectivity index (χ2n) is 6.31. The lowest BCUT2D eigenvalue weighted by Gasteiger charge is -2.39. The van der Waals surface area contributed by atoms with E-state index in [0.29, 0.717) is 32.1 Å². The molecule has 2 fully saturated rings. The highest BCUT2D eigenvalue weighted by atomic mass is 19.4. The number of hydrogen-bond donors (Lipinski definition) is 2. The van der Waals surface area contributed by atoms with Gasteiger partial charge in [-0.1, -0.05) is 12.8 Å². The molecule has 2 unspecified atom stereocenters. The zero-order valence-electron chi connectivity index (χ0n) is 12.0. The summed E-state index contributed by atoms with van der Waals surface area (Å²) in [5.41, 5.74) is 5.56. The number of halogens is 3. The molecule has 0 aromatic heterocycles. The second kappa shape index (κ2) is 7.09. The normalized spacial score (nSPS) is 30.0. The largest absolute Gasteiger partial charge is 0.389 e. The average Bonchev–Trinajstić information content (AvgIpc) is 2.79. The van der Waals surface area contributed by atoms with Crippen LogP contribution in [0.5, 0.6) is 0 Å². The summed E-state index contributed by atoms with van der Waals surface area (Å²) in [6.07, 6.45) is 0.711. The molecule has 3 nitrogen and oxygen atoms in total. The van der Waals surface area contributed by atoms with E-state index in [2.05, 4.69) is 10.2 Å². The van der Waals surface area contributed by atoms with Gasteiger partial charge in [-0.05, 0) is 25.2 Å².